The van der Waals surface area contributed by atoms with Gasteiger partial charge in [0.1, 0.15) is 0 Å². The molecule has 1 aromatic heterocycles. The Labute approximate surface area is 70.0 Å². The van der Waals surface area contributed by atoms with E-state index in [1.807, 2.05) is 0 Å². The van der Waals surface area contributed by atoms with Gasteiger partial charge in [-0.2, -0.15) is 5.10 Å². The molecule has 0 aromatic carbocycles. The molecule has 0 aliphatic heterocycles. The molecule has 0 saturated heterocycles. The van der Waals surface area contributed by atoms with Crippen LogP contribution in [-0.4, -0.2) is 22.1 Å². The molecule has 1 amide bonds. The number of carbonyl (C=O) groups is 1. The summed E-state index contributed by atoms with van der Waals surface area (Å²) in [4.78, 5) is 11.0. The summed E-state index contributed by atoms with van der Waals surface area (Å²) in [7, 11) is 0. The van der Waals surface area contributed by atoms with E-state index >= 15 is 0 Å². The first-order valence-electron chi connectivity index (χ1n) is 3.54. The van der Waals surface area contributed by atoms with E-state index in [1.165, 1.54) is 6.20 Å². The van der Waals surface area contributed by atoms with Crippen LogP contribution >= 0.6 is 0 Å². The number of carbonyl (C=O) groups excluding carboxylic acids is 1. The van der Waals surface area contributed by atoms with Crippen molar-refractivity contribution in [2.75, 3.05) is 5.32 Å². The Morgan fingerprint density at radius 3 is 3.00 bits per heavy atom. The molecule has 5 nitrogen and oxygen atoms in total. The van der Waals surface area contributed by atoms with Crippen molar-refractivity contribution < 1.29 is 4.79 Å². The molecule has 0 aliphatic rings. The number of nitrogens with two attached hydrogens (primary N) is 1. The number of aromatic nitrogens is 2. The maximum Gasteiger partial charge on any atom is 0.242 e. The minimum absolute atomic E-state index is 0.268. The lowest BCUT2D eigenvalue weighted by atomic mass is 10.3. The van der Waals surface area contributed by atoms with E-state index < -0.39 is 6.04 Å². The molecular weight excluding hydrogens is 156 g/mol. The van der Waals surface area contributed by atoms with Crippen molar-refractivity contribution in [1.82, 2.24) is 10.2 Å². The van der Waals surface area contributed by atoms with Gasteiger partial charge < -0.3 is 11.1 Å². The second-order valence-corrected chi connectivity index (χ2v) is 2.39. The van der Waals surface area contributed by atoms with Gasteiger partial charge in [-0.25, -0.2) is 0 Å². The SMILES string of the molecule is CC(N)C(=O)Nc1cccnn1. The molecule has 1 atom stereocenters. The zero-order chi connectivity index (χ0) is 8.97. The lowest BCUT2D eigenvalue weighted by Crippen LogP contribution is -2.32. The van der Waals surface area contributed by atoms with E-state index in [0.717, 1.165) is 0 Å². The van der Waals surface area contributed by atoms with E-state index in [0.29, 0.717) is 5.82 Å². The lowest BCUT2D eigenvalue weighted by Gasteiger charge is -2.04. The fourth-order valence-corrected chi connectivity index (χ4v) is 0.608. The number of hydrogen-bond acceptors (Lipinski definition) is 4. The minimum Gasteiger partial charge on any atom is -0.320 e. The molecule has 0 aliphatic carbocycles. The maximum absolute atomic E-state index is 11.0. The smallest absolute Gasteiger partial charge is 0.242 e. The fraction of sp³-hybridized carbons (Fsp3) is 0.286. The Bertz CT molecular complexity index is 259. The molecule has 0 saturated carbocycles. The highest BCUT2D eigenvalue weighted by Gasteiger charge is 2.07. The average Bonchev–Trinajstić information content (AvgIpc) is 2.06. The molecular formula is C7H10N4O. The quantitative estimate of drug-likeness (QED) is 0.635. The van der Waals surface area contributed by atoms with Gasteiger partial charge in [0.15, 0.2) is 5.82 Å². The Balaban J connectivity index is 2.59. The number of rotatable bonds is 2. The van der Waals surface area contributed by atoms with E-state index in [9.17, 15) is 4.79 Å². The second-order valence-electron chi connectivity index (χ2n) is 2.39. The monoisotopic (exact) mass is 166 g/mol. The largest absolute Gasteiger partial charge is 0.320 e. The normalized spacial score (nSPS) is 12.2. The van der Waals surface area contributed by atoms with Gasteiger partial charge in [-0.3, -0.25) is 4.79 Å². The number of amides is 1. The van der Waals surface area contributed by atoms with Crippen LogP contribution in [0, 0.1) is 0 Å². The molecule has 0 bridgehead atoms. The van der Waals surface area contributed by atoms with E-state index in [1.54, 1.807) is 19.1 Å². The standard InChI is InChI=1S/C7H10N4O/c1-5(8)7(12)10-6-3-2-4-9-11-6/h2-5H,8H2,1H3,(H,10,11,12). The van der Waals surface area contributed by atoms with Gasteiger partial charge in [0.25, 0.3) is 0 Å². The molecule has 1 unspecified atom stereocenters. The first kappa shape index (κ1) is 8.61. The lowest BCUT2D eigenvalue weighted by molar-refractivity contribution is -0.117. The maximum atomic E-state index is 11.0. The Morgan fingerprint density at radius 2 is 2.50 bits per heavy atom. The summed E-state index contributed by atoms with van der Waals surface area (Å²) in [5, 5.41) is 9.76. The van der Waals surface area contributed by atoms with Gasteiger partial charge >= 0.3 is 0 Å². The summed E-state index contributed by atoms with van der Waals surface area (Å²) in [5.41, 5.74) is 5.32. The zero-order valence-corrected chi connectivity index (χ0v) is 6.69. The summed E-state index contributed by atoms with van der Waals surface area (Å²) in [6, 6.07) is 2.80. The van der Waals surface area contributed by atoms with Crippen molar-refractivity contribution in [1.29, 1.82) is 0 Å². The van der Waals surface area contributed by atoms with Crippen molar-refractivity contribution in [3.8, 4) is 0 Å². The Kier molecular flexibility index (Phi) is 2.71. The second kappa shape index (κ2) is 3.77. The number of nitrogens with one attached hydrogen (secondary N) is 1. The highest BCUT2D eigenvalue weighted by Crippen LogP contribution is 1.97. The Morgan fingerprint density at radius 1 is 1.75 bits per heavy atom. The number of hydrogen-bond donors (Lipinski definition) is 2. The summed E-state index contributed by atoms with van der Waals surface area (Å²) < 4.78 is 0. The predicted octanol–water partition coefficient (Wildman–Crippen LogP) is -0.238. The van der Waals surface area contributed by atoms with Crippen LogP contribution in [0.2, 0.25) is 0 Å². The van der Waals surface area contributed by atoms with Crippen LogP contribution in [0.1, 0.15) is 6.92 Å². The molecule has 5 heteroatoms. The molecule has 3 N–H and O–H groups in total. The summed E-state index contributed by atoms with van der Waals surface area (Å²) in [5.74, 6) is 0.148. The molecule has 1 heterocycles. The van der Waals surface area contributed by atoms with Gasteiger partial charge in [0.2, 0.25) is 5.91 Å². The van der Waals surface area contributed by atoms with Gasteiger partial charge in [0.05, 0.1) is 6.04 Å². The van der Waals surface area contributed by atoms with Gasteiger partial charge in [-0.15, -0.1) is 5.10 Å². The topological polar surface area (TPSA) is 80.9 Å². The molecule has 0 radical (unpaired) electrons. The third-order valence-corrected chi connectivity index (χ3v) is 1.24. The van der Waals surface area contributed by atoms with Crippen molar-refractivity contribution in [3.05, 3.63) is 18.3 Å². The van der Waals surface area contributed by atoms with Crippen LogP contribution in [0.25, 0.3) is 0 Å². The van der Waals surface area contributed by atoms with Crippen LogP contribution in [0.5, 0.6) is 0 Å². The average molecular weight is 166 g/mol. The third kappa shape index (κ3) is 2.28. The highest BCUT2D eigenvalue weighted by molar-refractivity contribution is 5.93. The van der Waals surface area contributed by atoms with Gasteiger partial charge in [0, 0.05) is 6.20 Å². The number of nitrogens with zero attached hydrogens (tertiary/aromatic N) is 2. The van der Waals surface area contributed by atoms with Crippen LogP contribution < -0.4 is 11.1 Å². The van der Waals surface area contributed by atoms with Gasteiger partial charge in [-0.1, -0.05) is 0 Å². The van der Waals surface area contributed by atoms with E-state index in [2.05, 4.69) is 15.5 Å². The molecule has 0 fully saturated rings. The molecule has 12 heavy (non-hydrogen) atoms. The van der Waals surface area contributed by atoms with Crippen molar-refractivity contribution in [3.63, 3.8) is 0 Å². The highest BCUT2D eigenvalue weighted by atomic mass is 16.2. The third-order valence-electron chi connectivity index (χ3n) is 1.24. The molecule has 0 spiro atoms. The first-order chi connectivity index (χ1) is 5.70. The van der Waals surface area contributed by atoms with Crippen LogP contribution in [-0.2, 0) is 4.79 Å². The van der Waals surface area contributed by atoms with Crippen molar-refractivity contribution >= 4 is 11.7 Å². The zero-order valence-electron chi connectivity index (χ0n) is 6.69. The molecule has 1 rings (SSSR count). The van der Waals surface area contributed by atoms with Gasteiger partial charge in [-0.05, 0) is 19.1 Å². The summed E-state index contributed by atoms with van der Waals surface area (Å²) >= 11 is 0. The molecule has 1 aromatic rings. The van der Waals surface area contributed by atoms with Crippen molar-refractivity contribution in [2.45, 2.75) is 13.0 Å². The first-order valence-corrected chi connectivity index (χ1v) is 3.54. The van der Waals surface area contributed by atoms with E-state index in [-0.39, 0.29) is 5.91 Å². The van der Waals surface area contributed by atoms with Crippen LogP contribution in [0.4, 0.5) is 5.82 Å². The number of anilines is 1. The minimum atomic E-state index is -0.535. The predicted molar refractivity (Wildman–Crippen MR) is 44.3 cm³/mol. The molecule has 64 valence electrons. The Hall–Kier alpha value is -1.49. The van der Waals surface area contributed by atoms with E-state index in [4.69, 9.17) is 5.73 Å². The summed E-state index contributed by atoms with van der Waals surface area (Å²) in [6.45, 7) is 1.60. The van der Waals surface area contributed by atoms with Crippen molar-refractivity contribution in [2.24, 2.45) is 5.73 Å². The van der Waals surface area contributed by atoms with Crippen LogP contribution in [0.15, 0.2) is 18.3 Å². The fourth-order valence-electron chi connectivity index (χ4n) is 0.608. The summed E-state index contributed by atoms with van der Waals surface area (Å²) in [6.07, 6.45) is 1.53. The van der Waals surface area contributed by atoms with Crippen LogP contribution in [0.3, 0.4) is 0 Å².